The van der Waals surface area contributed by atoms with Gasteiger partial charge in [-0.1, -0.05) is 26.7 Å². The lowest BCUT2D eigenvalue weighted by molar-refractivity contribution is -0.127. The molecule has 13 nitrogen and oxygen atoms in total. The fourth-order valence-electron chi connectivity index (χ4n) is 9.93. The van der Waals surface area contributed by atoms with E-state index in [-0.39, 0.29) is 89.1 Å². The molecule has 344 valence electrons. The van der Waals surface area contributed by atoms with Gasteiger partial charge in [-0.15, -0.1) is 0 Å². The van der Waals surface area contributed by atoms with Crippen LogP contribution in [0.1, 0.15) is 64.7 Å². The summed E-state index contributed by atoms with van der Waals surface area (Å²) in [7, 11) is 0. The van der Waals surface area contributed by atoms with Crippen molar-refractivity contribution < 1.29 is 50.3 Å². The number of aliphatic hydroxyl groups is 8. The van der Waals surface area contributed by atoms with Gasteiger partial charge in [0.15, 0.2) is 0 Å². The van der Waals surface area contributed by atoms with Crippen molar-refractivity contribution in [2.24, 2.45) is 52.8 Å². The summed E-state index contributed by atoms with van der Waals surface area (Å²) in [6.07, 6.45) is 3.09. The number of rotatable bonds is 28. The molecule has 0 aromatic carbocycles. The average molecular weight is 894 g/mol. The summed E-state index contributed by atoms with van der Waals surface area (Å²) in [4.78, 5) is 0. The van der Waals surface area contributed by atoms with Crippen molar-refractivity contribution in [3.63, 3.8) is 0 Å². The van der Waals surface area contributed by atoms with Gasteiger partial charge in [0.2, 0.25) is 0 Å². The molecule has 0 heterocycles. The van der Waals surface area contributed by atoms with Crippen LogP contribution in [0.4, 0.5) is 0 Å². The van der Waals surface area contributed by atoms with Gasteiger partial charge in [-0.2, -0.15) is 37.9 Å². The standard InChI is InChI=1S/C43H79N3O10S3/c1-26(8-5-11-57)44-37-31(19-49)14-29(17-47)34(40(37)52)23-55-21-32-15-30(18-48)35(41(53)38(32)45-27(2)9-6-12-58)24-56-22-33-16-43(4,25-51)36(20-50)42(54)39(33)46-28(3)10-7-13-59/h29-42,44-54,57-59H,1-3,5-25H2,4H3. The molecular formula is C43H79N3O10S3. The van der Waals surface area contributed by atoms with Gasteiger partial charge < -0.3 is 66.3 Å². The average Bonchev–Trinajstić information content (AvgIpc) is 3.22. The van der Waals surface area contributed by atoms with E-state index in [2.05, 4.69) is 73.6 Å². The van der Waals surface area contributed by atoms with Gasteiger partial charge in [0.25, 0.3) is 0 Å². The molecular weight excluding hydrogens is 815 g/mol. The Morgan fingerprint density at radius 2 is 0.949 bits per heavy atom. The topological polar surface area (TPSA) is 216 Å². The second kappa shape index (κ2) is 26.8. The zero-order valence-electron chi connectivity index (χ0n) is 35.3. The SMILES string of the molecule is C=C(CCCS)NC1C(CO)CC(CO)C(COCC2CC(CO)C(COCC3CC(C)(CO)C(CO)C(O)C3NC(=C)CCCS)C(O)C2NC(=C)CCCS)C1O. The Hall–Kier alpha value is -0.730. The molecule has 0 radical (unpaired) electrons. The number of aliphatic hydroxyl groups excluding tert-OH is 8. The van der Waals surface area contributed by atoms with E-state index in [1.165, 1.54) is 0 Å². The number of hydrogen-bond acceptors (Lipinski definition) is 16. The molecule has 3 saturated carbocycles. The van der Waals surface area contributed by atoms with Gasteiger partial charge in [-0.3, -0.25) is 0 Å². The third-order valence-electron chi connectivity index (χ3n) is 13.5. The van der Waals surface area contributed by atoms with Crippen LogP contribution in [0.5, 0.6) is 0 Å². The molecule has 0 aliphatic heterocycles. The first-order valence-corrected chi connectivity index (χ1v) is 23.6. The Kier molecular flexibility index (Phi) is 23.9. The summed E-state index contributed by atoms with van der Waals surface area (Å²) in [5.41, 5.74) is 1.52. The lowest BCUT2D eigenvalue weighted by atomic mass is 9.61. The number of ether oxygens (including phenoxy) is 2. The molecule has 15 unspecified atom stereocenters. The van der Waals surface area contributed by atoms with Crippen molar-refractivity contribution in [1.29, 1.82) is 0 Å². The van der Waals surface area contributed by atoms with Crippen molar-refractivity contribution in [2.45, 2.75) is 101 Å². The third kappa shape index (κ3) is 14.7. The van der Waals surface area contributed by atoms with Crippen LogP contribution in [0, 0.1) is 52.8 Å². The Morgan fingerprint density at radius 1 is 0.559 bits per heavy atom. The van der Waals surface area contributed by atoms with E-state index in [0.717, 1.165) is 36.4 Å². The van der Waals surface area contributed by atoms with Crippen LogP contribution >= 0.6 is 37.9 Å². The largest absolute Gasteiger partial charge is 0.396 e. The smallest absolute Gasteiger partial charge is 0.0800 e. The van der Waals surface area contributed by atoms with Crippen molar-refractivity contribution in [3.8, 4) is 0 Å². The summed E-state index contributed by atoms with van der Waals surface area (Å²) in [5.74, 6) is -0.757. The maximum Gasteiger partial charge on any atom is 0.0800 e. The number of thiol groups is 3. The van der Waals surface area contributed by atoms with Gasteiger partial charge in [-0.25, -0.2) is 0 Å². The zero-order chi connectivity index (χ0) is 43.7. The quantitative estimate of drug-likeness (QED) is 0.0505. The highest BCUT2D eigenvalue weighted by Crippen LogP contribution is 2.45. The van der Waals surface area contributed by atoms with Gasteiger partial charge in [0.05, 0.1) is 62.9 Å². The molecule has 15 atom stereocenters. The predicted octanol–water partition coefficient (Wildman–Crippen LogP) is 1.76. The second-order valence-electron chi connectivity index (χ2n) is 17.8. The van der Waals surface area contributed by atoms with Crippen molar-refractivity contribution in [1.82, 2.24) is 16.0 Å². The van der Waals surface area contributed by atoms with Crippen molar-refractivity contribution in [3.05, 3.63) is 36.8 Å². The molecule has 16 heteroatoms. The fraction of sp³-hybridized carbons (Fsp3) is 0.860. The van der Waals surface area contributed by atoms with E-state index in [9.17, 15) is 40.9 Å². The molecule has 0 saturated heterocycles. The number of hydrogen-bond donors (Lipinski definition) is 14. The first-order valence-electron chi connectivity index (χ1n) is 21.7. The maximum absolute atomic E-state index is 12.1. The highest BCUT2D eigenvalue weighted by molar-refractivity contribution is 7.80. The molecule has 11 N–H and O–H groups in total. The van der Waals surface area contributed by atoms with Crippen molar-refractivity contribution >= 4 is 37.9 Å². The zero-order valence-corrected chi connectivity index (χ0v) is 38.0. The molecule has 0 amide bonds. The second-order valence-corrected chi connectivity index (χ2v) is 19.1. The minimum Gasteiger partial charge on any atom is -0.396 e. The van der Waals surface area contributed by atoms with E-state index >= 15 is 0 Å². The lowest BCUT2D eigenvalue weighted by Gasteiger charge is -2.50. The summed E-state index contributed by atoms with van der Waals surface area (Å²) in [5, 5.41) is 97.3. The third-order valence-corrected chi connectivity index (χ3v) is 14.5. The Balaban J connectivity index is 1.77. The van der Waals surface area contributed by atoms with Crippen LogP contribution in [0.25, 0.3) is 0 Å². The Labute approximate surface area is 370 Å². The van der Waals surface area contributed by atoms with Gasteiger partial charge >= 0.3 is 0 Å². The monoisotopic (exact) mass is 893 g/mol. The molecule has 3 rings (SSSR count). The maximum atomic E-state index is 12.1. The fourth-order valence-corrected chi connectivity index (χ4v) is 10.4. The van der Waals surface area contributed by atoms with Gasteiger partial charge in [-0.05, 0) is 92.3 Å². The molecule has 3 fully saturated rings. The minimum atomic E-state index is -0.974. The highest BCUT2D eigenvalue weighted by Gasteiger charge is 2.51. The van der Waals surface area contributed by atoms with Gasteiger partial charge in [0, 0.05) is 85.6 Å². The Bertz CT molecular complexity index is 1260. The molecule has 0 spiro atoms. The molecule has 0 aromatic heterocycles. The van der Waals surface area contributed by atoms with E-state index in [1.54, 1.807) is 0 Å². The molecule has 0 aromatic rings. The highest BCUT2D eigenvalue weighted by atomic mass is 32.1. The van der Waals surface area contributed by atoms with E-state index in [4.69, 9.17) is 9.47 Å². The molecule has 3 aliphatic carbocycles. The molecule has 3 aliphatic rings. The summed E-state index contributed by atoms with van der Waals surface area (Å²) in [6, 6.07) is -1.44. The minimum absolute atomic E-state index is 0.132. The van der Waals surface area contributed by atoms with Crippen LogP contribution in [0.3, 0.4) is 0 Å². The predicted molar refractivity (Wildman–Crippen MR) is 242 cm³/mol. The summed E-state index contributed by atoms with van der Waals surface area (Å²) < 4.78 is 12.8. The van der Waals surface area contributed by atoms with E-state index < -0.39 is 59.6 Å². The van der Waals surface area contributed by atoms with Crippen LogP contribution in [0.15, 0.2) is 36.8 Å². The van der Waals surface area contributed by atoms with Crippen LogP contribution in [0.2, 0.25) is 0 Å². The molecule has 0 bridgehead atoms. The van der Waals surface area contributed by atoms with Crippen LogP contribution < -0.4 is 16.0 Å². The van der Waals surface area contributed by atoms with E-state index in [1.807, 2.05) is 6.92 Å². The normalized spacial score (nSPS) is 36.2. The first-order chi connectivity index (χ1) is 28.3. The van der Waals surface area contributed by atoms with Crippen LogP contribution in [-0.2, 0) is 9.47 Å². The summed E-state index contributed by atoms with van der Waals surface area (Å²) in [6.45, 7) is 14.1. The van der Waals surface area contributed by atoms with Crippen molar-refractivity contribution in [2.75, 3.05) is 76.7 Å². The Morgan fingerprint density at radius 3 is 1.34 bits per heavy atom. The summed E-state index contributed by atoms with van der Waals surface area (Å²) >= 11 is 13.0. The van der Waals surface area contributed by atoms with Crippen LogP contribution in [-0.4, -0.2) is 154 Å². The lowest BCUT2D eigenvalue weighted by Crippen LogP contribution is -2.60. The number of allylic oxidation sites excluding steroid dienone is 3. The first kappa shape index (κ1) is 52.6. The van der Waals surface area contributed by atoms with E-state index in [0.29, 0.717) is 55.8 Å². The number of nitrogens with one attached hydrogen (secondary N) is 3. The molecule has 59 heavy (non-hydrogen) atoms. The van der Waals surface area contributed by atoms with Gasteiger partial charge in [0.1, 0.15) is 0 Å².